The van der Waals surface area contributed by atoms with Crippen LogP contribution in [-0.4, -0.2) is 20.0 Å². The van der Waals surface area contributed by atoms with E-state index < -0.39 is 0 Å². The van der Waals surface area contributed by atoms with Gasteiger partial charge in [-0.2, -0.15) is 0 Å². The molecule has 0 saturated heterocycles. The van der Waals surface area contributed by atoms with Gasteiger partial charge in [0.1, 0.15) is 0 Å². The first-order valence-corrected chi connectivity index (χ1v) is 7.42. The van der Waals surface area contributed by atoms with E-state index in [4.69, 9.17) is 16.3 Å². The number of rotatable bonds is 3. The molecule has 0 atom stereocenters. The van der Waals surface area contributed by atoms with E-state index in [0.29, 0.717) is 22.2 Å². The van der Waals surface area contributed by atoms with Crippen molar-refractivity contribution in [1.82, 2.24) is 20.0 Å². The van der Waals surface area contributed by atoms with Crippen molar-refractivity contribution >= 4 is 22.6 Å². The largest absolute Gasteiger partial charge is 0.437 e. The molecule has 0 aliphatic heterocycles. The first-order chi connectivity index (χ1) is 10.4. The zero-order valence-corrected chi connectivity index (χ0v) is 13.5. The summed E-state index contributed by atoms with van der Waals surface area (Å²) in [5, 5.41) is 9.07. The smallest absolute Gasteiger partial charge is 0.220 e. The molecule has 3 rings (SSSR count). The van der Waals surface area contributed by atoms with Crippen LogP contribution in [0.25, 0.3) is 11.0 Å². The Hall–Kier alpha value is -2.14. The third-order valence-electron chi connectivity index (χ3n) is 3.04. The van der Waals surface area contributed by atoms with Gasteiger partial charge in [-0.25, -0.2) is 9.67 Å². The third-order valence-corrected chi connectivity index (χ3v) is 3.28. The van der Waals surface area contributed by atoms with Gasteiger partial charge in [0.15, 0.2) is 11.3 Å². The molecule has 0 fully saturated rings. The van der Waals surface area contributed by atoms with Crippen LogP contribution in [0.3, 0.4) is 0 Å². The Balaban J connectivity index is 1.97. The van der Waals surface area contributed by atoms with Crippen LogP contribution in [0.1, 0.15) is 20.8 Å². The molecule has 3 aromatic rings. The highest BCUT2D eigenvalue weighted by molar-refractivity contribution is 6.30. The van der Waals surface area contributed by atoms with Gasteiger partial charge in [0.05, 0.1) is 5.52 Å². The molecule has 2 heterocycles. The van der Waals surface area contributed by atoms with Crippen molar-refractivity contribution in [3.05, 3.63) is 41.6 Å². The fourth-order valence-corrected chi connectivity index (χ4v) is 2.32. The van der Waals surface area contributed by atoms with E-state index in [2.05, 4.69) is 36.1 Å². The Morgan fingerprint density at radius 2 is 2.05 bits per heavy atom. The molecule has 0 N–H and O–H groups in total. The highest BCUT2D eigenvalue weighted by Crippen LogP contribution is 2.29. The normalized spacial score (nSPS) is 11.8. The second-order valence-corrected chi connectivity index (χ2v) is 6.78. The molecule has 2 aromatic heterocycles. The Kier molecular flexibility index (Phi) is 3.74. The van der Waals surface area contributed by atoms with Crippen molar-refractivity contribution in [2.45, 2.75) is 27.3 Å². The molecule has 114 valence electrons. The average molecular weight is 317 g/mol. The summed E-state index contributed by atoms with van der Waals surface area (Å²) in [6.45, 7) is 7.27. The lowest BCUT2D eigenvalue weighted by atomic mass is 9.97. The lowest BCUT2D eigenvalue weighted by molar-refractivity contribution is 0.327. The highest BCUT2D eigenvalue weighted by Gasteiger charge is 2.16. The van der Waals surface area contributed by atoms with E-state index in [9.17, 15) is 0 Å². The maximum Gasteiger partial charge on any atom is 0.220 e. The molecular weight excluding hydrogens is 300 g/mol. The summed E-state index contributed by atoms with van der Waals surface area (Å²) in [5.74, 6) is 1.05. The Bertz CT molecular complexity index is 807. The van der Waals surface area contributed by atoms with Crippen LogP contribution in [-0.2, 0) is 6.54 Å². The summed E-state index contributed by atoms with van der Waals surface area (Å²) in [7, 11) is 0. The molecular formula is C16H17ClN4O. The Morgan fingerprint density at radius 3 is 2.77 bits per heavy atom. The molecule has 5 nitrogen and oxygen atoms in total. The van der Waals surface area contributed by atoms with Crippen LogP contribution in [0.15, 0.2) is 36.5 Å². The molecule has 1 aromatic carbocycles. The van der Waals surface area contributed by atoms with Gasteiger partial charge in [-0.3, -0.25) is 0 Å². The maximum absolute atomic E-state index is 5.95. The second kappa shape index (κ2) is 5.57. The van der Waals surface area contributed by atoms with E-state index in [1.54, 1.807) is 18.3 Å². The Labute approximate surface area is 133 Å². The highest BCUT2D eigenvalue weighted by atomic mass is 35.5. The summed E-state index contributed by atoms with van der Waals surface area (Å²) < 4.78 is 7.70. The van der Waals surface area contributed by atoms with Gasteiger partial charge in [-0.05, 0) is 23.6 Å². The van der Waals surface area contributed by atoms with Gasteiger partial charge >= 0.3 is 0 Å². The van der Waals surface area contributed by atoms with Crippen LogP contribution in [0.5, 0.6) is 11.6 Å². The number of ether oxygens (including phenoxy) is 1. The monoisotopic (exact) mass is 316 g/mol. The lowest BCUT2D eigenvalue weighted by Crippen LogP contribution is -2.16. The zero-order valence-electron chi connectivity index (χ0n) is 12.7. The summed E-state index contributed by atoms with van der Waals surface area (Å²) in [6.07, 6.45) is 1.61. The number of hydrogen-bond donors (Lipinski definition) is 0. The van der Waals surface area contributed by atoms with E-state index in [0.717, 1.165) is 12.1 Å². The minimum atomic E-state index is 0.117. The number of fused-ring (bicyclic) bond motifs is 1. The fourth-order valence-electron chi connectivity index (χ4n) is 2.17. The number of nitrogens with zero attached hydrogens (tertiary/aromatic N) is 4. The maximum atomic E-state index is 5.95. The van der Waals surface area contributed by atoms with Crippen LogP contribution in [0, 0.1) is 5.41 Å². The summed E-state index contributed by atoms with van der Waals surface area (Å²) in [5.41, 5.74) is 1.77. The minimum Gasteiger partial charge on any atom is -0.437 e. The molecule has 0 amide bonds. The predicted molar refractivity (Wildman–Crippen MR) is 86.3 cm³/mol. The molecule has 6 heteroatoms. The quantitative estimate of drug-likeness (QED) is 0.722. The average Bonchev–Trinajstić information content (AvgIpc) is 2.81. The zero-order chi connectivity index (χ0) is 15.7. The molecule has 0 aliphatic rings. The molecule has 0 saturated carbocycles. The van der Waals surface area contributed by atoms with Crippen molar-refractivity contribution in [2.75, 3.05) is 0 Å². The summed E-state index contributed by atoms with van der Waals surface area (Å²) in [4.78, 5) is 4.15. The number of benzene rings is 1. The van der Waals surface area contributed by atoms with Gasteiger partial charge in [0, 0.05) is 23.8 Å². The topological polar surface area (TPSA) is 52.8 Å². The van der Waals surface area contributed by atoms with Crippen molar-refractivity contribution in [3.63, 3.8) is 0 Å². The van der Waals surface area contributed by atoms with Crippen molar-refractivity contribution in [1.29, 1.82) is 0 Å². The number of hydrogen-bond acceptors (Lipinski definition) is 4. The Morgan fingerprint density at radius 1 is 1.23 bits per heavy atom. The van der Waals surface area contributed by atoms with Crippen LogP contribution in [0.2, 0.25) is 5.02 Å². The minimum absolute atomic E-state index is 0.117. The molecule has 0 spiro atoms. The van der Waals surface area contributed by atoms with Gasteiger partial charge in [-0.15, -0.1) is 5.10 Å². The van der Waals surface area contributed by atoms with Crippen LogP contribution in [0.4, 0.5) is 0 Å². The van der Waals surface area contributed by atoms with Gasteiger partial charge in [0.2, 0.25) is 5.88 Å². The SMILES string of the molecule is CC(C)(C)Cn1nnc2c(Oc3cc(Cl)ccn3)cccc21. The molecule has 0 bridgehead atoms. The second-order valence-electron chi connectivity index (χ2n) is 6.35. The fraction of sp³-hybridized carbons (Fsp3) is 0.312. The molecule has 0 aliphatic carbocycles. The number of halogens is 1. The number of pyridine rings is 1. The predicted octanol–water partition coefficient (Wildman–Crippen LogP) is 4.32. The number of aromatic nitrogens is 4. The van der Waals surface area contributed by atoms with Gasteiger partial charge < -0.3 is 4.74 Å². The third kappa shape index (κ3) is 3.20. The van der Waals surface area contributed by atoms with E-state index in [1.807, 2.05) is 22.9 Å². The van der Waals surface area contributed by atoms with Crippen LogP contribution >= 0.6 is 11.6 Å². The van der Waals surface area contributed by atoms with E-state index in [-0.39, 0.29) is 5.41 Å². The van der Waals surface area contributed by atoms with Crippen molar-refractivity contribution in [2.24, 2.45) is 5.41 Å². The van der Waals surface area contributed by atoms with Crippen molar-refractivity contribution < 1.29 is 4.74 Å². The van der Waals surface area contributed by atoms with Crippen LogP contribution < -0.4 is 4.74 Å². The molecule has 22 heavy (non-hydrogen) atoms. The standard InChI is InChI=1S/C16H17ClN4O/c1-16(2,3)10-21-12-5-4-6-13(15(12)19-20-21)22-14-9-11(17)7-8-18-14/h4-9H,10H2,1-3H3. The summed E-state index contributed by atoms with van der Waals surface area (Å²) >= 11 is 5.95. The summed E-state index contributed by atoms with van der Waals surface area (Å²) in [6, 6.07) is 9.12. The van der Waals surface area contributed by atoms with Crippen molar-refractivity contribution in [3.8, 4) is 11.6 Å². The first kappa shape index (κ1) is 14.8. The lowest BCUT2D eigenvalue weighted by Gasteiger charge is -2.17. The van der Waals surface area contributed by atoms with E-state index >= 15 is 0 Å². The first-order valence-electron chi connectivity index (χ1n) is 7.04. The molecule has 0 unspecified atom stereocenters. The van der Waals surface area contributed by atoms with Gasteiger partial charge in [-0.1, -0.05) is 43.7 Å². The van der Waals surface area contributed by atoms with Gasteiger partial charge in [0.25, 0.3) is 0 Å². The molecule has 0 radical (unpaired) electrons. The van der Waals surface area contributed by atoms with E-state index in [1.165, 1.54) is 0 Å².